The maximum absolute atomic E-state index is 12.6. The van der Waals surface area contributed by atoms with Crippen molar-refractivity contribution in [1.29, 1.82) is 0 Å². The first-order valence-electron chi connectivity index (χ1n) is 9.39. The topological polar surface area (TPSA) is 95.2 Å². The number of benzene rings is 3. The standard InChI is InChI=1S/C23H16N4O3/c28-21(25-19-7-3-4-16-12-24-26-20(16)19)15-10-8-14(9-11-15)13-27-22(29)17-5-1-2-6-18(17)23(27)30/h1-12H,13H2,(H,24,26)(H,25,28). The van der Waals surface area contributed by atoms with Gasteiger partial charge in [-0.3, -0.25) is 24.4 Å². The average molecular weight is 396 g/mol. The van der Waals surface area contributed by atoms with Crippen LogP contribution in [0.2, 0.25) is 0 Å². The van der Waals surface area contributed by atoms with Gasteiger partial charge in [0.2, 0.25) is 0 Å². The Balaban J connectivity index is 1.31. The number of carbonyl (C=O) groups excluding carboxylic acids is 3. The second kappa shape index (κ2) is 6.97. The lowest BCUT2D eigenvalue weighted by atomic mass is 10.1. The molecule has 30 heavy (non-hydrogen) atoms. The Morgan fingerprint density at radius 1 is 0.900 bits per heavy atom. The van der Waals surface area contributed by atoms with Crippen molar-refractivity contribution in [3.05, 3.63) is 95.2 Å². The zero-order valence-electron chi connectivity index (χ0n) is 15.8. The number of carbonyl (C=O) groups is 3. The summed E-state index contributed by atoms with van der Waals surface area (Å²) in [5.41, 5.74) is 3.48. The summed E-state index contributed by atoms with van der Waals surface area (Å²) in [6, 6.07) is 19.2. The second-order valence-corrected chi connectivity index (χ2v) is 7.03. The summed E-state index contributed by atoms with van der Waals surface area (Å²) in [6.45, 7) is 0.154. The minimum atomic E-state index is -0.301. The van der Waals surface area contributed by atoms with Crippen LogP contribution in [-0.4, -0.2) is 32.8 Å². The lowest BCUT2D eigenvalue weighted by Crippen LogP contribution is -2.29. The third-order valence-electron chi connectivity index (χ3n) is 5.16. The SMILES string of the molecule is O=C(Nc1cccc2cn[nH]c12)c1ccc(CN2C(=O)c3ccccc3C2=O)cc1. The highest BCUT2D eigenvalue weighted by Crippen LogP contribution is 2.25. The van der Waals surface area contributed by atoms with E-state index in [0.29, 0.717) is 22.4 Å². The van der Waals surface area contributed by atoms with Gasteiger partial charge >= 0.3 is 0 Å². The molecular formula is C23H16N4O3. The van der Waals surface area contributed by atoms with Gasteiger partial charge in [-0.05, 0) is 35.9 Å². The van der Waals surface area contributed by atoms with E-state index >= 15 is 0 Å². The van der Waals surface area contributed by atoms with Crippen LogP contribution >= 0.6 is 0 Å². The number of nitrogens with zero attached hydrogens (tertiary/aromatic N) is 2. The van der Waals surface area contributed by atoms with Crippen molar-refractivity contribution >= 4 is 34.3 Å². The van der Waals surface area contributed by atoms with Gasteiger partial charge in [0, 0.05) is 10.9 Å². The molecule has 0 unspecified atom stereocenters. The van der Waals surface area contributed by atoms with Crippen LogP contribution in [0.15, 0.2) is 72.9 Å². The van der Waals surface area contributed by atoms with E-state index in [1.54, 1.807) is 60.8 Å². The Bertz CT molecular complexity index is 1270. The summed E-state index contributed by atoms with van der Waals surface area (Å²) in [6.07, 6.45) is 1.69. The van der Waals surface area contributed by atoms with Crippen LogP contribution < -0.4 is 5.32 Å². The molecule has 0 aliphatic carbocycles. The number of hydrogen-bond acceptors (Lipinski definition) is 4. The highest BCUT2D eigenvalue weighted by atomic mass is 16.2. The number of para-hydroxylation sites is 1. The van der Waals surface area contributed by atoms with Crippen molar-refractivity contribution in [2.75, 3.05) is 5.32 Å². The van der Waals surface area contributed by atoms with E-state index in [0.717, 1.165) is 16.5 Å². The van der Waals surface area contributed by atoms with Gasteiger partial charge in [-0.25, -0.2) is 0 Å². The van der Waals surface area contributed by atoms with Crippen molar-refractivity contribution in [2.45, 2.75) is 6.54 Å². The maximum Gasteiger partial charge on any atom is 0.261 e. The summed E-state index contributed by atoms with van der Waals surface area (Å²) < 4.78 is 0. The molecule has 1 aromatic heterocycles. The lowest BCUT2D eigenvalue weighted by Gasteiger charge is -2.14. The van der Waals surface area contributed by atoms with Crippen LogP contribution in [-0.2, 0) is 6.54 Å². The predicted octanol–water partition coefficient (Wildman–Crippen LogP) is 3.61. The Kier molecular flexibility index (Phi) is 4.14. The van der Waals surface area contributed by atoms with Crippen molar-refractivity contribution in [1.82, 2.24) is 15.1 Å². The van der Waals surface area contributed by atoms with E-state index < -0.39 is 0 Å². The molecule has 0 radical (unpaired) electrons. The smallest absolute Gasteiger partial charge is 0.261 e. The number of hydrogen-bond donors (Lipinski definition) is 2. The molecule has 2 N–H and O–H groups in total. The van der Waals surface area contributed by atoms with Gasteiger partial charge in [-0.2, -0.15) is 5.10 Å². The number of anilines is 1. The molecule has 0 bridgehead atoms. The van der Waals surface area contributed by atoms with Crippen molar-refractivity contribution < 1.29 is 14.4 Å². The Morgan fingerprint density at radius 2 is 1.60 bits per heavy atom. The van der Waals surface area contributed by atoms with Gasteiger partial charge in [0.25, 0.3) is 17.7 Å². The number of aromatic nitrogens is 2. The van der Waals surface area contributed by atoms with E-state index in [1.165, 1.54) is 4.90 Å². The fraction of sp³-hybridized carbons (Fsp3) is 0.0435. The van der Waals surface area contributed by atoms with E-state index in [2.05, 4.69) is 15.5 Å². The summed E-state index contributed by atoms with van der Waals surface area (Å²) in [7, 11) is 0. The molecular weight excluding hydrogens is 380 g/mol. The molecule has 7 heteroatoms. The van der Waals surface area contributed by atoms with Gasteiger partial charge in [0.15, 0.2) is 0 Å². The minimum Gasteiger partial charge on any atom is -0.320 e. The first-order chi connectivity index (χ1) is 14.6. The number of aromatic amines is 1. The molecule has 1 aliphatic rings. The van der Waals surface area contributed by atoms with E-state index in [4.69, 9.17) is 0 Å². The molecule has 0 atom stereocenters. The molecule has 7 nitrogen and oxygen atoms in total. The van der Waals surface area contributed by atoms with Gasteiger partial charge < -0.3 is 5.32 Å². The van der Waals surface area contributed by atoms with Gasteiger partial charge in [0.1, 0.15) is 0 Å². The van der Waals surface area contributed by atoms with Crippen LogP contribution in [0.5, 0.6) is 0 Å². The molecule has 0 saturated heterocycles. The van der Waals surface area contributed by atoms with Gasteiger partial charge in [0.05, 0.1) is 35.1 Å². The number of H-pyrrole nitrogens is 1. The summed E-state index contributed by atoms with van der Waals surface area (Å²) in [4.78, 5) is 38.9. The molecule has 3 amide bonds. The van der Waals surface area contributed by atoms with Gasteiger partial charge in [-0.1, -0.05) is 36.4 Å². The Labute approximate surface area is 171 Å². The van der Waals surface area contributed by atoms with Crippen molar-refractivity contribution in [2.24, 2.45) is 0 Å². The Hall–Kier alpha value is -4.26. The normalized spacial score (nSPS) is 13.0. The van der Waals surface area contributed by atoms with E-state index in [9.17, 15) is 14.4 Å². The molecule has 2 heterocycles. The number of fused-ring (bicyclic) bond motifs is 2. The summed E-state index contributed by atoms with van der Waals surface area (Å²) >= 11 is 0. The largest absolute Gasteiger partial charge is 0.320 e. The number of rotatable bonds is 4. The highest BCUT2D eigenvalue weighted by Gasteiger charge is 2.34. The first-order valence-corrected chi connectivity index (χ1v) is 9.39. The lowest BCUT2D eigenvalue weighted by molar-refractivity contribution is 0.0642. The Morgan fingerprint density at radius 3 is 2.30 bits per heavy atom. The van der Waals surface area contributed by atoms with Crippen LogP contribution in [0.3, 0.4) is 0 Å². The molecule has 4 aromatic rings. The molecule has 5 rings (SSSR count). The zero-order valence-corrected chi connectivity index (χ0v) is 15.8. The fourth-order valence-corrected chi connectivity index (χ4v) is 3.59. The molecule has 0 fully saturated rings. The predicted molar refractivity (Wildman–Crippen MR) is 111 cm³/mol. The fourth-order valence-electron chi connectivity index (χ4n) is 3.59. The molecule has 3 aromatic carbocycles. The first kappa shape index (κ1) is 17.8. The van der Waals surface area contributed by atoms with Crippen molar-refractivity contribution in [3.63, 3.8) is 0 Å². The van der Waals surface area contributed by atoms with Crippen LogP contribution in [0.25, 0.3) is 10.9 Å². The number of nitrogens with one attached hydrogen (secondary N) is 2. The van der Waals surface area contributed by atoms with Crippen LogP contribution in [0.4, 0.5) is 5.69 Å². The average Bonchev–Trinajstić information content (AvgIpc) is 3.35. The highest BCUT2D eigenvalue weighted by molar-refractivity contribution is 6.21. The van der Waals surface area contributed by atoms with Crippen LogP contribution in [0.1, 0.15) is 36.6 Å². The van der Waals surface area contributed by atoms with Crippen LogP contribution in [0, 0.1) is 0 Å². The third-order valence-corrected chi connectivity index (χ3v) is 5.16. The van der Waals surface area contributed by atoms with E-state index in [1.807, 2.05) is 12.1 Å². The summed E-state index contributed by atoms with van der Waals surface area (Å²) in [5.74, 6) is -0.862. The number of imide groups is 1. The summed E-state index contributed by atoms with van der Waals surface area (Å²) in [5, 5.41) is 10.7. The van der Waals surface area contributed by atoms with Gasteiger partial charge in [-0.15, -0.1) is 0 Å². The van der Waals surface area contributed by atoms with E-state index in [-0.39, 0.29) is 24.3 Å². The molecule has 1 aliphatic heterocycles. The maximum atomic E-state index is 12.6. The monoisotopic (exact) mass is 396 g/mol. The molecule has 146 valence electrons. The zero-order chi connectivity index (χ0) is 20.7. The minimum absolute atomic E-state index is 0.154. The van der Waals surface area contributed by atoms with Crippen molar-refractivity contribution in [3.8, 4) is 0 Å². The molecule has 0 spiro atoms. The number of amides is 3. The second-order valence-electron chi connectivity index (χ2n) is 7.03. The molecule has 0 saturated carbocycles. The quantitative estimate of drug-likeness (QED) is 0.515. The third kappa shape index (κ3) is 2.93.